The average molecular weight is 570 g/mol. The van der Waals surface area contributed by atoms with Crippen LogP contribution >= 0.6 is 0 Å². The minimum absolute atomic E-state index is 0.0684. The summed E-state index contributed by atoms with van der Waals surface area (Å²) in [5, 5.41) is 36.2. The Bertz CT molecular complexity index is 1750. The molecule has 42 heavy (non-hydrogen) atoms. The first-order valence-corrected chi connectivity index (χ1v) is 12.7. The van der Waals surface area contributed by atoms with Crippen molar-refractivity contribution < 1.29 is 23.1 Å². The zero-order valence-corrected chi connectivity index (χ0v) is 22.0. The molecule has 0 radical (unpaired) electrons. The molecule has 5 rings (SSSR count). The number of hydrogen-bond acceptors (Lipinski definition) is 6. The Balaban J connectivity index is 1.72. The molecular weight excluding hydrogens is 547 g/mol. The molecular formula is C30H22F3N7O2. The molecule has 2 heterocycles. The summed E-state index contributed by atoms with van der Waals surface area (Å²) in [5.74, 6) is 0.166. The second-order valence-corrected chi connectivity index (χ2v) is 9.54. The fourth-order valence-electron chi connectivity index (χ4n) is 4.92. The molecule has 2 N–H and O–H groups in total. The van der Waals surface area contributed by atoms with Crippen molar-refractivity contribution in [3.05, 3.63) is 118 Å². The minimum atomic E-state index is -4.61. The number of halogens is 3. The largest absolute Gasteiger partial charge is 0.465 e. The number of amides is 1. The predicted molar refractivity (Wildman–Crippen MR) is 145 cm³/mol. The van der Waals surface area contributed by atoms with Gasteiger partial charge < -0.3 is 10.4 Å². The molecule has 9 nitrogen and oxygen atoms in total. The number of allylic oxidation sites excluding steroid dienone is 2. The van der Waals surface area contributed by atoms with Gasteiger partial charge in [-0.1, -0.05) is 48.5 Å². The molecule has 0 saturated carbocycles. The van der Waals surface area contributed by atoms with Crippen molar-refractivity contribution in [1.29, 1.82) is 10.5 Å². The van der Waals surface area contributed by atoms with Gasteiger partial charge in [0.05, 0.1) is 34.9 Å². The van der Waals surface area contributed by atoms with Crippen molar-refractivity contribution in [2.24, 2.45) is 0 Å². The van der Waals surface area contributed by atoms with Gasteiger partial charge >= 0.3 is 12.3 Å². The van der Waals surface area contributed by atoms with Crippen LogP contribution in [-0.4, -0.2) is 26.0 Å². The molecule has 0 bridgehead atoms. The molecule has 0 spiro atoms. The Morgan fingerprint density at radius 3 is 2.38 bits per heavy atom. The van der Waals surface area contributed by atoms with E-state index in [2.05, 4.69) is 21.5 Å². The second-order valence-electron chi connectivity index (χ2n) is 9.54. The van der Waals surface area contributed by atoms with Crippen molar-refractivity contribution in [2.75, 3.05) is 4.90 Å². The van der Waals surface area contributed by atoms with Gasteiger partial charge in [-0.2, -0.15) is 33.8 Å². The van der Waals surface area contributed by atoms with Crippen LogP contribution in [0, 0.1) is 22.7 Å². The van der Waals surface area contributed by atoms with Gasteiger partial charge in [-0.3, -0.25) is 4.90 Å². The number of fused-ring (bicyclic) bond motifs is 1. The molecule has 0 aliphatic carbocycles. The highest BCUT2D eigenvalue weighted by molar-refractivity contribution is 5.69. The van der Waals surface area contributed by atoms with Gasteiger partial charge in [0, 0.05) is 17.8 Å². The molecule has 1 amide bonds. The number of benzene rings is 3. The van der Waals surface area contributed by atoms with E-state index >= 15 is 0 Å². The monoisotopic (exact) mass is 569 g/mol. The number of anilines is 2. The third-order valence-electron chi connectivity index (χ3n) is 6.87. The summed E-state index contributed by atoms with van der Waals surface area (Å²) in [5.41, 5.74) is 1.50. The number of alkyl halides is 3. The molecule has 1 aromatic heterocycles. The summed E-state index contributed by atoms with van der Waals surface area (Å²) in [6.45, 7) is 1.60. The first kappa shape index (κ1) is 27.9. The highest BCUT2D eigenvalue weighted by Gasteiger charge is 2.38. The van der Waals surface area contributed by atoms with E-state index in [1.54, 1.807) is 31.2 Å². The fraction of sp³-hybridized carbons (Fsp3) is 0.167. The van der Waals surface area contributed by atoms with Gasteiger partial charge in [-0.05, 0) is 48.4 Å². The lowest BCUT2D eigenvalue weighted by Crippen LogP contribution is -2.31. The number of nitrogens with one attached hydrogen (secondary N) is 1. The molecule has 1 unspecified atom stereocenters. The van der Waals surface area contributed by atoms with Crippen LogP contribution in [0.1, 0.15) is 47.1 Å². The number of hydrogen-bond donors (Lipinski definition) is 2. The Hall–Kier alpha value is -5.62. The molecule has 1 aliphatic rings. The Kier molecular flexibility index (Phi) is 7.38. The molecule has 1 aliphatic heterocycles. The number of aromatic nitrogens is 3. The number of nitrogens with zero attached hydrogens (tertiary/aromatic N) is 6. The molecule has 0 fully saturated rings. The van der Waals surface area contributed by atoms with Crippen LogP contribution < -0.4 is 10.2 Å². The van der Waals surface area contributed by atoms with Crippen LogP contribution in [0.25, 0.3) is 0 Å². The van der Waals surface area contributed by atoms with Crippen molar-refractivity contribution >= 4 is 17.7 Å². The highest BCUT2D eigenvalue weighted by Crippen LogP contribution is 2.43. The normalized spacial score (nSPS) is 15.4. The van der Waals surface area contributed by atoms with E-state index in [0.29, 0.717) is 16.8 Å². The second kappa shape index (κ2) is 11.1. The van der Waals surface area contributed by atoms with Gasteiger partial charge in [0.15, 0.2) is 5.82 Å². The lowest BCUT2D eigenvalue weighted by molar-refractivity contribution is -0.137. The molecule has 3 aromatic carbocycles. The Labute approximate surface area is 238 Å². The zero-order chi connectivity index (χ0) is 30.0. The maximum absolute atomic E-state index is 13.7. The molecule has 210 valence electrons. The minimum Gasteiger partial charge on any atom is -0.465 e. The molecule has 4 aromatic rings. The van der Waals surface area contributed by atoms with Crippen LogP contribution in [0.15, 0.2) is 90.1 Å². The van der Waals surface area contributed by atoms with Gasteiger partial charge in [-0.15, -0.1) is 0 Å². The summed E-state index contributed by atoms with van der Waals surface area (Å²) >= 11 is 0. The summed E-state index contributed by atoms with van der Waals surface area (Å²) in [6, 6.07) is 22.7. The fourth-order valence-corrected chi connectivity index (χ4v) is 4.92. The van der Waals surface area contributed by atoms with Crippen molar-refractivity contribution in [3.63, 3.8) is 0 Å². The van der Waals surface area contributed by atoms with Crippen molar-refractivity contribution in [1.82, 2.24) is 20.1 Å². The van der Waals surface area contributed by atoms with E-state index in [-0.39, 0.29) is 29.5 Å². The van der Waals surface area contributed by atoms with E-state index < -0.39 is 29.9 Å². The number of carbonyl (C=O) groups is 1. The first-order chi connectivity index (χ1) is 20.1. The van der Waals surface area contributed by atoms with E-state index in [4.69, 9.17) is 0 Å². The predicted octanol–water partition coefficient (Wildman–Crippen LogP) is 6.26. The quantitative estimate of drug-likeness (QED) is 0.280. The smallest absolute Gasteiger partial charge is 0.416 e. The Morgan fingerprint density at radius 2 is 1.76 bits per heavy atom. The lowest BCUT2D eigenvalue weighted by atomic mass is 9.95. The zero-order valence-electron chi connectivity index (χ0n) is 22.0. The van der Waals surface area contributed by atoms with Gasteiger partial charge in [0.2, 0.25) is 5.95 Å². The molecule has 12 heteroatoms. The van der Waals surface area contributed by atoms with E-state index in [9.17, 15) is 33.6 Å². The first-order valence-electron chi connectivity index (χ1n) is 12.7. The number of rotatable bonds is 6. The average Bonchev–Trinajstić information content (AvgIpc) is 3.41. The highest BCUT2D eigenvalue weighted by atomic mass is 19.4. The van der Waals surface area contributed by atoms with E-state index in [1.807, 2.05) is 36.4 Å². The van der Waals surface area contributed by atoms with E-state index in [0.717, 1.165) is 17.7 Å². The van der Waals surface area contributed by atoms with Gasteiger partial charge in [0.1, 0.15) is 6.04 Å². The summed E-state index contributed by atoms with van der Waals surface area (Å²) < 4.78 is 42.4. The standard InChI is InChI=1S/C30H22F3N7O2/c1-18-24(17-35)26(21-12-10-20(16-34)11-13-21)40-28(39(18)23-9-5-8-22(15-23)30(31,32)33)37-27(38-40)25(36-29(41)42)14-19-6-3-2-4-7-19/h2-13,15,25-26,36H,14H2,1H3,(H,41,42)/t25?,26-/m1/s1. The maximum atomic E-state index is 13.7. The SMILES string of the molecule is CC1=C(C#N)[C@@H](c2ccc(C#N)cc2)n2nc(C(Cc3ccccc3)NC(=O)O)nc2N1c1cccc(C(F)(F)F)c1. The van der Waals surface area contributed by atoms with E-state index in [1.165, 1.54) is 21.7 Å². The van der Waals surface area contributed by atoms with Gasteiger partial charge in [0.25, 0.3) is 0 Å². The summed E-state index contributed by atoms with van der Waals surface area (Å²) in [4.78, 5) is 17.8. The van der Waals surface area contributed by atoms with Crippen molar-refractivity contribution in [2.45, 2.75) is 31.6 Å². The number of carboxylic acid groups (broad SMARTS) is 1. The van der Waals surface area contributed by atoms with Crippen LogP contribution in [0.2, 0.25) is 0 Å². The van der Waals surface area contributed by atoms with Crippen LogP contribution in [-0.2, 0) is 12.6 Å². The maximum Gasteiger partial charge on any atom is 0.416 e. The number of nitriles is 2. The Morgan fingerprint density at radius 1 is 1.05 bits per heavy atom. The summed E-state index contributed by atoms with van der Waals surface area (Å²) in [7, 11) is 0. The summed E-state index contributed by atoms with van der Waals surface area (Å²) in [6.07, 6.45) is -5.73. The topological polar surface area (TPSA) is 131 Å². The third-order valence-corrected chi connectivity index (χ3v) is 6.87. The van der Waals surface area contributed by atoms with Crippen LogP contribution in [0.3, 0.4) is 0 Å². The lowest BCUT2D eigenvalue weighted by Gasteiger charge is -2.34. The molecule has 0 saturated heterocycles. The van der Waals surface area contributed by atoms with Crippen LogP contribution in [0.4, 0.5) is 29.6 Å². The van der Waals surface area contributed by atoms with Crippen molar-refractivity contribution in [3.8, 4) is 12.1 Å². The molecule has 2 atom stereocenters. The van der Waals surface area contributed by atoms with Gasteiger partial charge in [-0.25, -0.2) is 9.48 Å². The van der Waals surface area contributed by atoms with Crippen LogP contribution in [0.5, 0.6) is 0 Å². The third kappa shape index (κ3) is 5.38.